The number of hydrogen-bond donors (Lipinski definition) is 1. The van der Waals surface area contributed by atoms with E-state index in [9.17, 15) is 18.0 Å². The van der Waals surface area contributed by atoms with Crippen LogP contribution in [-0.2, 0) is 11.0 Å². The molecule has 0 heterocycles. The summed E-state index contributed by atoms with van der Waals surface area (Å²) in [6, 6.07) is 3.80. The first kappa shape index (κ1) is 14.5. The Kier molecular flexibility index (Phi) is 4.33. The van der Waals surface area contributed by atoms with Gasteiger partial charge in [0.1, 0.15) is 5.94 Å². The predicted octanol–water partition coefficient (Wildman–Crippen LogP) is 2.90. The second-order valence-electron chi connectivity index (χ2n) is 4.36. The van der Waals surface area contributed by atoms with Gasteiger partial charge in [-0.15, -0.1) is 0 Å². The van der Waals surface area contributed by atoms with Crippen molar-refractivity contribution >= 4 is 11.5 Å². The normalized spacial score (nSPS) is 13.3. The van der Waals surface area contributed by atoms with E-state index >= 15 is 0 Å². The van der Waals surface area contributed by atoms with Gasteiger partial charge in [-0.3, -0.25) is 0 Å². The summed E-state index contributed by atoms with van der Waals surface area (Å²) < 4.78 is 37.1. The maximum absolute atomic E-state index is 12.4. The minimum absolute atomic E-state index is 0.00347. The highest BCUT2D eigenvalue weighted by molar-refractivity contribution is 5.90. The molecule has 1 atom stereocenters. The molecule has 0 radical (unpaired) electrons. The molecule has 0 saturated heterocycles. The van der Waals surface area contributed by atoms with Crippen LogP contribution in [0.2, 0.25) is 0 Å². The molecule has 0 aromatic heterocycles. The average Bonchev–Trinajstić information content (AvgIpc) is 2.29. The fraction of sp³-hybridized carbons (Fsp3) is 0.385. The van der Waals surface area contributed by atoms with Crippen LogP contribution in [0.25, 0.3) is 5.57 Å². The molecule has 1 rings (SSSR count). The number of benzene rings is 1. The molecule has 0 saturated carbocycles. The van der Waals surface area contributed by atoms with E-state index < -0.39 is 17.8 Å². The minimum atomic E-state index is -4.39. The van der Waals surface area contributed by atoms with Gasteiger partial charge in [-0.05, 0) is 23.6 Å². The van der Waals surface area contributed by atoms with Crippen LogP contribution in [0.1, 0.15) is 25.0 Å². The van der Waals surface area contributed by atoms with Gasteiger partial charge in [0.15, 0.2) is 0 Å². The molecule has 0 aliphatic rings. The van der Waals surface area contributed by atoms with Crippen LogP contribution in [0.3, 0.4) is 0 Å². The first-order chi connectivity index (χ1) is 8.27. The Morgan fingerprint density at radius 2 is 1.72 bits per heavy atom. The van der Waals surface area contributed by atoms with Gasteiger partial charge in [0.2, 0.25) is 0 Å². The lowest BCUT2D eigenvalue weighted by molar-refractivity contribution is -0.137. The van der Waals surface area contributed by atoms with Gasteiger partial charge in [-0.1, -0.05) is 26.0 Å². The van der Waals surface area contributed by atoms with E-state index in [1.54, 1.807) is 5.94 Å². The number of carbonyl (C=O) groups excluding carboxylic acids is 1. The zero-order valence-electron chi connectivity index (χ0n) is 10.1. The molecule has 0 spiro atoms. The molecule has 1 aromatic rings. The van der Waals surface area contributed by atoms with Crippen LogP contribution >= 0.6 is 0 Å². The van der Waals surface area contributed by atoms with E-state index in [0.717, 1.165) is 12.1 Å². The van der Waals surface area contributed by atoms with E-state index in [1.807, 2.05) is 13.8 Å². The summed E-state index contributed by atoms with van der Waals surface area (Å²) in [5.74, 6) is 1.72. The molecule has 0 bridgehead atoms. The molecule has 0 fully saturated rings. The van der Waals surface area contributed by atoms with Crippen molar-refractivity contribution in [3.05, 3.63) is 35.4 Å². The largest absolute Gasteiger partial charge is 0.416 e. The van der Waals surface area contributed by atoms with E-state index in [0.29, 0.717) is 5.56 Å². The van der Waals surface area contributed by atoms with Crippen molar-refractivity contribution in [3.63, 3.8) is 0 Å². The van der Waals surface area contributed by atoms with Crippen molar-refractivity contribution in [2.45, 2.75) is 26.1 Å². The van der Waals surface area contributed by atoms with E-state index in [1.165, 1.54) is 12.1 Å². The summed E-state index contributed by atoms with van der Waals surface area (Å²) in [6.45, 7) is 3.65. The molecule has 0 amide bonds. The third-order valence-electron chi connectivity index (χ3n) is 2.68. The molecule has 0 aliphatic carbocycles. The predicted molar refractivity (Wildman–Crippen MR) is 63.4 cm³/mol. The maximum atomic E-state index is 12.4. The summed E-state index contributed by atoms with van der Waals surface area (Å²) in [5, 5.41) is 0. The SMILES string of the molecule is CC(C)C(N)C(=C=O)c1ccc(C(F)(F)F)cc1. The van der Waals surface area contributed by atoms with Crippen molar-refractivity contribution < 1.29 is 18.0 Å². The van der Waals surface area contributed by atoms with Crippen LogP contribution in [0.5, 0.6) is 0 Å². The lowest BCUT2D eigenvalue weighted by Crippen LogP contribution is -2.28. The molecule has 5 heteroatoms. The third-order valence-corrected chi connectivity index (χ3v) is 2.68. The van der Waals surface area contributed by atoms with Crippen molar-refractivity contribution in [1.82, 2.24) is 0 Å². The lowest BCUT2D eigenvalue weighted by atomic mass is 9.92. The summed E-state index contributed by atoms with van der Waals surface area (Å²) >= 11 is 0. The number of nitrogens with two attached hydrogens (primary N) is 1. The number of halogens is 3. The van der Waals surface area contributed by atoms with Crippen molar-refractivity contribution in [2.24, 2.45) is 11.7 Å². The topological polar surface area (TPSA) is 43.1 Å². The average molecular weight is 257 g/mol. The van der Waals surface area contributed by atoms with Crippen LogP contribution < -0.4 is 5.73 Å². The summed E-state index contributed by atoms with van der Waals surface area (Å²) in [4.78, 5) is 10.9. The van der Waals surface area contributed by atoms with Crippen LogP contribution in [0.4, 0.5) is 13.2 Å². The fourth-order valence-corrected chi connectivity index (χ4v) is 1.49. The Hall–Kier alpha value is -1.58. The molecule has 1 unspecified atom stereocenters. The Labute approximate surface area is 103 Å². The zero-order chi connectivity index (χ0) is 13.9. The van der Waals surface area contributed by atoms with Crippen molar-refractivity contribution in [2.75, 3.05) is 0 Å². The highest BCUT2D eigenvalue weighted by atomic mass is 19.4. The Morgan fingerprint density at radius 3 is 2.06 bits per heavy atom. The molecule has 2 nitrogen and oxygen atoms in total. The van der Waals surface area contributed by atoms with Crippen LogP contribution in [0.15, 0.2) is 24.3 Å². The maximum Gasteiger partial charge on any atom is 0.416 e. The first-order valence-electron chi connectivity index (χ1n) is 5.45. The summed E-state index contributed by atoms with van der Waals surface area (Å²) in [7, 11) is 0. The lowest BCUT2D eigenvalue weighted by Gasteiger charge is -2.17. The van der Waals surface area contributed by atoms with E-state index in [2.05, 4.69) is 0 Å². The Bertz CT molecular complexity index is 456. The Morgan fingerprint density at radius 1 is 1.22 bits per heavy atom. The third kappa shape index (κ3) is 3.22. The smallest absolute Gasteiger partial charge is 0.323 e. The van der Waals surface area contributed by atoms with Gasteiger partial charge >= 0.3 is 6.18 Å². The van der Waals surface area contributed by atoms with Gasteiger partial charge in [-0.25, -0.2) is 4.79 Å². The zero-order valence-corrected chi connectivity index (χ0v) is 10.1. The fourth-order valence-electron chi connectivity index (χ4n) is 1.49. The Balaban J connectivity index is 3.08. The quantitative estimate of drug-likeness (QED) is 0.846. The van der Waals surface area contributed by atoms with E-state index in [4.69, 9.17) is 5.73 Å². The summed E-state index contributed by atoms with van der Waals surface area (Å²) in [5.41, 5.74) is 5.62. The van der Waals surface area contributed by atoms with Crippen LogP contribution in [0, 0.1) is 5.92 Å². The van der Waals surface area contributed by atoms with Crippen LogP contribution in [-0.4, -0.2) is 12.0 Å². The number of rotatable bonds is 3. The van der Waals surface area contributed by atoms with Gasteiger partial charge in [0, 0.05) is 6.04 Å². The highest BCUT2D eigenvalue weighted by Gasteiger charge is 2.30. The van der Waals surface area contributed by atoms with Gasteiger partial charge in [0.25, 0.3) is 0 Å². The molecule has 2 N–H and O–H groups in total. The first-order valence-corrected chi connectivity index (χ1v) is 5.45. The second-order valence-corrected chi connectivity index (χ2v) is 4.36. The van der Waals surface area contributed by atoms with Gasteiger partial charge < -0.3 is 5.73 Å². The number of alkyl halides is 3. The molecule has 18 heavy (non-hydrogen) atoms. The molecule has 98 valence electrons. The molecular formula is C13H14F3NO. The second kappa shape index (κ2) is 5.38. The molecule has 1 aromatic carbocycles. The van der Waals surface area contributed by atoms with Crippen molar-refractivity contribution in [1.29, 1.82) is 0 Å². The van der Waals surface area contributed by atoms with Gasteiger partial charge in [-0.2, -0.15) is 13.2 Å². The summed E-state index contributed by atoms with van der Waals surface area (Å²) in [6.07, 6.45) is -4.39. The number of hydrogen-bond acceptors (Lipinski definition) is 2. The van der Waals surface area contributed by atoms with Gasteiger partial charge in [0.05, 0.1) is 11.1 Å². The standard InChI is InChI=1S/C13H14F3NO/c1-8(2)12(17)11(7-18)9-3-5-10(6-4-9)13(14,15)16/h3-6,8,12H,17H2,1-2H3. The minimum Gasteiger partial charge on any atom is -0.323 e. The van der Waals surface area contributed by atoms with E-state index in [-0.39, 0.29) is 11.5 Å². The highest BCUT2D eigenvalue weighted by Crippen LogP contribution is 2.30. The molecular weight excluding hydrogens is 243 g/mol. The monoisotopic (exact) mass is 257 g/mol. The van der Waals surface area contributed by atoms with Crippen molar-refractivity contribution in [3.8, 4) is 0 Å². The molecule has 0 aliphatic heterocycles.